The number of rotatable bonds is 5. The van der Waals surface area contributed by atoms with Crippen molar-refractivity contribution in [2.75, 3.05) is 13.1 Å². The third-order valence-electron chi connectivity index (χ3n) is 1.77. The highest BCUT2D eigenvalue weighted by Crippen LogP contribution is 1.90. The van der Waals surface area contributed by atoms with Crippen molar-refractivity contribution < 1.29 is 4.79 Å². The molecule has 74 valence electrons. The van der Waals surface area contributed by atoms with Crippen molar-refractivity contribution in [2.24, 2.45) is 0 Å². The molecule has 0 unspecified atom stereocenters. The van der Waals surface area contributed by atoms with Gasteiger partial charge in [0, 0.05) is 20.0 Å². The second kappa shape index (κ2) is 7.59. The largest absolute Gasteiger partial charge is 0.339 e. The zero-order chi connectivity index (χ0) is 10.1. The van der Waals surface area contributed by atoms with Crippen LogP contribution in [0.2, 0.25) is 0 Å². The first-order valence-electron chi connectivity index (χ1n) is 4.79. The van der Waals surface area contributed by atoms with Crippen LogP contribution < -0.4 is 0 Å². The number of amides is 1. The summed E-state index contributed by atoms with van der Waals surface area (Å²) in [5.74, 6) is 0.131. The number of hydrogen-bond donors (Lipinski definition) is 0. The van der Waals surface area contributed by atoms with E-state index in [2.05, 4.69) is 13.0 Å². The van der Waals surface area contributed by atoms with Gasteiger partial charge in [0.25, 0.3) is 0 Å². The highest BCUT2D eigenvalue weighted by atomic mass is 16.2. The van der Waals surface area contributed by atoms with E-state index in [4.69, 9.17) is 0 Å². The first kappa shape index (κ1) is 11.9. The van der Waals surface area contributed by atoms with Gasteiger partial charge in [-0.05, 0) is 13.3 Å². The molecule has 0 rings (SSSR count). The van der Waals surface area contributed by atoms with Gasteiger partial charge in [-0.3, -0.25) is 4.79 Å². The van der Waals surface area contributed by atoms with Crippen LogP contribution in [0, 0.1) is 0 Å². The van der Waals surface area contributed by atoms with Gasteiger partial charge in [-0.2, -0.15) is 0 Å². The summed E-state index contributed by atoms with van der Waals surface area (Å²) < 4.78 is 0. The predicted octanol–water partition coefficient (Wildman–Crippen LogP) is 2.38. The highest BCUT2D eigenvalue weighted by Gasteiger charge is 2.00. The van der Waals surface area contributed by atoms with Crippen molar-refractivity contribution in [2.45, 2.75) is 27.2 Å². The summed E-state index contributed by atoms with van der Waals surface area (Å²) in [5.41, 5.74) is 0. The van der Waals surface area contributed by atoms with E-state index >= 15 is 0 Å². The fourth-order valence-electron chi connectivity index (χ4n) is 0.962. The van der Waals surface area contributed by atoms with Gasteiger partial charge in [0.1, 0.15) is 0 Å². The predicted molar refractivity (Wildman–Crippen MR) is 56.5 cm³/mol. The molecule has 0 aliphatic carbocycles. The smallest absolute Gasteiger partial charge is 0.219 e. The van der Waals surface area contributed by atoms with Crippen LogP contribution in [-0.4, -0.2) is 23.9 Å². The Morgan fingerprint density at radius 3 is 2.31 bits per heavy atom. The lowest BCUT2D eigenvalue weighted by Crippen LogP contribution is -2.28. The van der Waals surface area contributed by atoms with Crippen molar-refractivity contribution >= 4 is 5.91 Å². The number of hydrogen-bond acceptors (Lipinski definition) is 1. The molecule has 0 atom stereocenters. The molecule has 0 aliphatic rings. The van der Waals surface area contributed by atoms with Gasteiger partial charge in [-0.25, -0.2) is 0 Å². The fourth-order valence-corrected chi connectivity index (χ4v) is 0.962. The standard InChI is InChI=1S/C11H19NO/c1-4-6-7-8-9-10-12(5-2)11(3)13/h6-9H,4-5,10H2,1-3H3/b7-6-,9-8-. The molecule has 0 aromatic carbocycles. The minimum Gasteiger partial charge on any atom is -0.339 e. The molecular weight excluding hydrogens is 162 g/mol. The van der Waals surface area contributed by atoms with Crippen LogP contribution in [0.5, 0.6) is 0 Å². The van der Waals surface area contributed by atoms with Crippen LogP contribution >= 0.6 is 0 Å². The molecule has 0 heterocycles. The Labute approximate surface area is 80.9 Å². The van der Waals surface area contributed by atoms with E-state index in [1.807, 2.05) is 25.2 Å². The summed E-state index contributed by atoms with van der Waals surface area (Å²) in [4.78, 5) is 12.8. The minimum absolute atomic E-state index is 0.131. The van der Waals surface area contributed by atoms with Gasteiger partial charge >= 0.3 is 0 Å². The monoisotopic (exact) mass is 181 g/mol. The van der Waals surface area contributed by atoms with Crippen molar-refractivity contribution in [3.63, 3.8) is 0 Å². The van der Waals surface area contributed by atoms with E-state index < -0.39 is 0 Å². The van der Waals surface area contributed by atoms with E-state index in [-0.39, 0.29) is 5.91 Å². The average Bonchev–Trinajstić information content (AvgIpc) is 2.10. The summed E-state index contributed by atoms with van der Waals surface area (Å²) in [5, 5.41) is 0. The second-order valence-corrected chi connectivity index (χ2v) is 2.82. The summed E-state index contributed by atoms with van der Waals surface area (Å²) in [7, 11) is 0. The van der Waals surface area contributed by atoms with Gasteiger partial charge in [-0.15, -0.1) is 0 Å². The Bertz CT molecular complexity index is 194. The van der Waals surface area contributed by atoms with Crippen molar-refractivity contribution in [1.29, 1.82) is 0 Å². The van der Waals surface area contributed by atoms with E-state index in [9.17, 15) is 4.79 Å². The summed E-state index contributed by atoms with van der Waals surface area (Å²) >= 11 is 0. The highest BCUT2D eigenvalue weighted by molar-refractivity contribution is 5.73. The quantitative estimate of drug-likeness (QED) is 0.596. The van der Waals surface area contributed by atoms with E-state index in [0.717, 1.165) is 13.0 Å². The maximum absolute atomic E-state index is 11.0. The van der Waals surface area contributed by atoms with Gasteiger partial charge in [0.15, 0.2) is 0 Å². The zero-order valence-corrected chi connectivity index (χ0v) is 8.79. The molecule has 2 nitrogen and oxygen atoms in total. The molecule has 0 aliphatic heterocycles. The van der Waals surface area contributed by atoms with Gasteiger partial charge < -0.3 is 4.90 Å². The average molecular weight is 181 g/mol. The number of carbonyl (C=O) groups excluding carboxylic acids is 1. The van der Waals surface area contributed by atoms with Crippen molar-refractivity contribution in [3.8, 4) is 0 Å². The van der Waals surface area contributed by atoms with Gasteiger partial charge in [0.2, 0.25) is 5.91 Å². The van der Waals surface area contributed by atoms with E-state index in [1.54, 1.807) is 11.8 Å². The SMILES string of the molecule is CC/C=C\C=C/CN(CC)C(C)=O. The van der Waals surface area contributed by atoms with Crippen LogP contribution in [-0.2, 0) is 4.79 Å². The molecule has 13 heavy (non-hydrogen) atoms. The molecule has 1 amide bonds. The van der Waals surface area contributed by atoms with Crippen molar-refractivity contribution in [3.05, 3.63) is 24.3 Å². The third-order valence-corrected chi connectivity index (χ3v) is 1.77. The van der Waals surface area contributed by atoms with Gasteiger partial charge in [-0.1, -0.05) is 31.2 Å². The molecule has 0 aromatic rings. The number of likely N-dealkylation sites (N-methyl/N-ethyl adjacent to an activating group) is 1. The Morgan fingerprint density at radius 1 is 1.23 bits per heavy atom. The minimum atomic E-state index is 0.131. The third kappa shape index (κ3) is 6.14. The van der Waals surface area contributed by atoms with Crippen LogP contribution in [0.25, 0.3) is 0 Å². The Kier molecular flexibility index (Phi) is 6.98. The summed E-state index contributed by atoms with van der Waals surface area (Å²) in [6.07, 6.45) is 9.12. The zero-order valence-electron chi connectivity index (χ0n) is 8.79. The molecule has 0 bridgehead atoms. The molecule has 0 spiro atoms. The molecule has 0 radical (unpaired) electrons. The Balaban J connectivity index is 3.77. The lowest BCUT2D eigenvalue weighted by atomic mass is 10.3. The topological polar surface area (TPSA) is 20.3 Å². The molecule has 0 fully saturated rings. The number of nitrogens with zero attached hydrogens (tertiary/aromatic N) is 1. The van der Waals surface area contributed by atoms with Crippen LogP contribution in [0.1, 0.15) is 27.2 Å². The molecule has 0 saturated heterocycles. The number of carbonyl (C=O) groups is 1. The Morgan fingerprint density at radius 2 is 1.85 bits per heavy atom. The lowest BCUT2D eigenvalue weighted by Gasteiger charge is -2.15. The normalized spacial score (nSPS) is 11.3. The molecule has 0 aromatic heterocycles. The van der Waals surface area contributed by atoms with Crippen LogP contribution in [0.15, 0.2) is 24.3 Å². The second-order valence-electron chi connectivity index (χ2n) is 2.82. The number of allylic oxidation sites excluding steroid dienone is 3. The van der Waals surface area contributed by atoms with Crippen molar-refractivity contribution in [1.82, 2.24) is 4.90 Å². The Hall–Kier alpha value is -1.05. The van der Waals surface area contributed by atoms with Gasteiger partial charge in [0.05, 0.1) is 0 Å². The first-order valence-corrected chi connectivity index (χ1v) is 4.79. The maximum Gasteiger partial charge on any atom is 0.219 e. The van der Waals surface area contributed by atoms with E-state index in [0.29, 0.717) is 6.54 Å². The van der Waals surface area contributed by atoms with Crippen LogP contribution in [0.4, 0.5) is 0 Å². The molecular formula is C11H19NO. The molecule has 0 N–H and O–H groups in total. The molecule has 0 saturated carbocycles. The summed E-state index contributed by atoms with van der Waals surface area (Å²) in [6.45, 7) is 7.16. The fraction of sp³-hybridized carbons (Fsp3) is 0.545. The summed E-state index contributed by atoms with van der Waals surface area (Å²) in [6, 6.07) is 0. The first-order chi connectivity index (χ1) is 6.22. The maximum atomic E-state index is 11.0. The lowest BCUT2D eigenvalue weighted by molar-refractivity contribution is -0.128. The molecule has 2 heteroatoms. The van der Waals surface area contributed by atoms with Crippen LogP contribution in [0.3, 0.4) is 0 Å². The van der Waals surface area contributed by atoms with E-state index in [1.165, 1.54) is 0 Å².